The van der Waals surface area contributed by atoms with Crippen LogP contribution >= 0.6 is 11.3 Å². The molecule has 21 heavy (non-hydrogen) atoms. The summed E-state index contributed by atoms with van der Waals surface area (Å²) in [5, 5.41) is 9.42. The number of aliphatic hydroxyl groups is 1. The van der Waals surface area contributed by atoms with Gasteiger partial charge in [-0.25, -0.2) is 0 Å². The first-order valence-corrected chi connectivity index (χ1v) is 8.62. The zero-order valence-electron chi connectivity index (χ0n) is 12.8. The van der Waals surface area contributed by atoms with Crippen molar-refractivity contribution in [3.05, 3.63) is 21.9 Å². The second-order valence-electron chi connectivity index (χ2n) is 6.37. The quantitative estimate of drug-likeness (QED) is 0.920. The molecule has 0 spiro atoms. The van der Waals surface area contributed by atoms with E-state index in [0.29, 0.717) is 18.4 Å². The lowest BCUT2D eigenvalue weighted by Crippen LogP contribution is -2.50. The van der Waals surface area contributed by atoms with Gasteiger partial charge in [0.25, 0.3) is 0 Å². The third kappa shape index (κ3) is 3.47. The van der Waals surface area contributed by atoms with Crippen molar-refractivity contribution in [2.24, 2.45) is 5.92 Å². The molecule has 1 N–H and O–H groups in total. The second kappa shape index (κ2) is 6.07. The Morgan fingerprint density at radius 2 is 2.10 bits per heavy atom. The summed E-state index contributed by atoms with van der Waals surface area (Å²) < 4.78 is 0. The number of aryl methyl sites for hydroxylation is 1. The van der Waals surface area contributed by atoms with Gasteiger partial charge < -0.3 is 10.0 Å². The smallest absolute Gasteiger partial charge is 0.226 e. The van der Waals surface area contributed by atoms with Gasteiger partial charge in [-0.3, -0.25) is 9.69 Å². The normalized spacial score (nSPS) is 27.7. The van der Waals surface area contributed by atoms with E-state index >= 15 is 0 Å². The van der Waals surface area contributed by atoms with E-state index in [4.69, 9.17) is 0 Å². The van der Waals surface area contributed by atoms with Gasteiger partial charge in [0.15, 0.2) is 0 Å². The molecule has 4 nitrogen and oxygen atoms in total. The zero-order valence-corrected chi connectivity index (χ0v) is 13.6. The average molecular weight is 308 g/mol. The fourth-order valence-corrected chi connectivity index (χ4v) is 4.25. The summed E-state index contributed by atoms with van der Waals surface area (Å²) in [6.07, 6.45) is 0.731. The maximum atomic E-state index is 12.5. The van der Waals surface area contributed by atoms with Crippen LogP contribution in [0.3, 0.4) is 0 Å². The van der Waals surface area contributed by atoms with Gasteiger partial charge in [-0.05, 0) is 32.4 Å². The Morgan fingerprint density at radius 3 is 2.67 bits per heavy atom. The molecule has 2 heterocycles. The van der Waals surface area contributed by atoms with Crippen LogP contribution in [-0.4, -0.2) is 59.6 Å². The van der Waals surface area contributed by atoms with Crippen LogP contribution < -0.4 is 0 Å². The Labute approximate surface area is 130 Å². The van der Waals surface area contributed by atoms with E-state index in [1.54, 1.807) is 0 Å². The molecule has 3 rings (SSSR count). The Kier molecular flexibility index (Phi) is 4.33. The molecule has 116 valence electrons. The van der Waals surface area contributed by atoms with E-state index < -0.39 is 0 Å². The molecule has 0 aromatic carbocycles. The second-order valence-corrected chi connectivity index (χ2v) is 7.69. The first-order chi connectivity index (χ1) is 10.0. The lowest BCUT2D eigenvalue weighted by Gasteiger charge is -2.35. The molecule has 1 saturated heterocycles. The number of β-amino-alcohol motifs (C(OH)–C–C–N with tert-alkyl or cyclic N) is 1. The van der Waals surface area contributed by atoms with Crippen LogP contribution in [0.2, 0.25) is 0 Å². The standard InChI is InChI=1S/C16H24N2O2S/c1-11(19)10-17-5-7-18(8-6-17)16(20)14-9-13(14)15-4-3-12(2)21-15/h3-4,11,13-14,19H,5-10H2,1-2H3/t11-,13+,14-/m0/s1. The molecule has 1 aromatic heterocycles. The summed E-state index contributed by atoms with van der Waals surface area (Å²) in [5.41, 5.74) is 0. The molecular weight excluding hydrogens is 284 g/mol. The summed E-state index contributed by atoms with van der Waals surface area (Å²) in [5.74, 6) is 1.01. The molecule has 0 bridgehead atoms. The number of rotatable bonds is 4. The number of nitrogens with zero attached hydrogens (tertiary/aromatic N) is 2. The minimum Gasteiger partial charge on any atom is -0.392 e. The van der Waals surface area contributed by atoms with Crippen LogP contribution in [0.4, 0.5) is 0 Å². The minimum atomic E-state index is -0.290. The summed E-state index contributed by atoms with van der Waals surface area (Å²) in [7, 11) is 0. The number of hydrogen-bond donors (Lipinski definition) is 1. The van der Waals surface area contributed by atoms with E-state index in [0.717, 1.165) is 32.6 Å². The van der Waals surface area contributed by atoms with Crippen molar-refractivity contribution in [2.75, 3.05) is 32.7 Å². The number of carbonyl (C=O) groups excluding carboxylic acids is 1. The first-order valence-electron chi connectivity index (χ1n) is 7.80. The maximum Gasteiger partial charge on any atom is 0.226 e. The molecule has 5 heteroatoms. The van der Waals surface area contributed by atoms with Crippen LogP contribution in [0.15, 0.2) is 12.1 Å². The van der Waals surface area contributed by atoms with Gasteiger partial charge in [0.05, 0.1) is 6.10 Å². The number of amides is 1. The number of aliphatic hydroxyl groups excluding tert-OH is 1. The molecule has 1 saturated carbocycles. The van der Waals surface area contributed by atoms with Crippen molar-refractivity contribution in [1.82, 2.24) is 9.80 Å². The molecule has 2 aliphatic rings. The Bertz CT molecular complexity index is 506. The van der Waals surface area contributed by atoms with Crippen molar-refractivity contribution in [3.8, 4) is 0 Å². The van der Waals surface area contributed by atoms with Crippen LogP contribution in [0.5, 0.6) is 0 Å². The van der Waals surface area contributed by atoms with Crippen LogP contribution in [0, 0.1) is 12.8 Å². The van der Waals surface area contributed by atoms with Crippen molar-refractivity contribution < 1.29 is 9.90 Å². The third-order valence-corrected chi connectivity index (χ3v) is 5.57. The molecular formula is C16H24N2O2S. The number of hydrogen-bond acceptors (Lipinski definition) is 4. The lowest BCUT2D eigenvalue weighted by molar-refractivity contribution is -0.134. The van der Waals surface area contributed by atoms with E-state index in [2.05, 4.69) is 24.0 Å². The summed E-state index contributed by atoms with van der Waals surface area (Å²) >= 11 is 1.83. The topological polar surface area (TPSA) is 43.8 Å². The van der Waals surface area contributed by atoms with Crippen molar-refractivity contribution in [1.29, 1.82) is 0 Å². The Morgan fingerprint density at radius 1 is 1.38 bits per heavy atom. The predicted octanol–water partition coefficient (Wildman–Crippen LogP) is 1.69. The lowest BCUT2D eigenvalue weighted by atomic mass is 10.2. The van der Waals surface area contributed by atoms with Crippen LogP contribution in [0.25, 0.3) is 0 Å². The summed E-state index contributed by atoms with van der Waals surface area (Å²) in [4.78, 5) is 19.5. The summed E-state index contributed by atoms with van der Waals surface area (Å²) in [6, 6.07) is 4.33. The van der Waals surface area contributed by atoms with E-state index in [-0.39, 0.29) is 12.0 Å². The minimum absolute atomic E-state index is 0.214. The molecule has 1 amide bonds. The first kappa shape index (κ1) is 15.0. The molecule has 1 aliphatic heterocycles. The number of thiophene rings is 1. The Hall–Kier alpha value is -0.910. The van der Waals surface area contributed by atoms with Gasteiger partial charge in [0, 0.05) is 54.3 Å². The highest BCUT2D eigenvalue weighted by Gasteiger charge is 2.46. The van der Waals surface area contributed by atoms with Crippen LogP contribution in [-0.2, 0) is 4.79 Å². The van der Waals surface area contributed by atoms with E-state index in [9.17, 15) is 9.90 Å². The van der Waals surface area contributed by atoms with Crippen molar-refractivity contribution in [2.45, 2.75) is 32.3 Å². The highest BCUT2D eigenvalue weighted by molar-refractivity contribution is 7.12. The van der Waals surface area contributed by atoms with Crippen molar-refractivity contribution in [3.63, 3.8) is 0 Å². The Balaban J connectivity index is 1.49. The number of carbonyl (C=O) groups is 1. The number of piperazine rings is 1. The highest BCUT2D eigenvalue weighted by Crippen LogP contribution is 2.50. The largest absolute Gasteiger partial charge is 0.392 e. The van der Waals surface area contributed by atoms with Gasteiger partial charge in [-0.15, -0.1) is 11.3 Å². The molecule has 3 atom stereocenters. The fraction of sp³-hybridized carbons (Fsp3) is 0.688. The molecule has 1 aliphatic carbocycles. The van der Waals surface area contributed by atoms with Gasteiger partial charge >= 0.3 is 0 Å². The monoisotopic (exact) mass is 308 g/mol. The van der Waals surface area contributed by atoms with Gasteiger partial charge in [-0.1, -0.05) is 0 Å². The highest BCUT2D eigenvalue weighted by atomic mass is 32.1. The van der Waals surface area contributed by atoms with Gasteiger partial charge in [-0.2, -0.15) is 0 Å². The average Bonchev–Trinajstić information content (AvgIpc) is 3.13. The molecule has 0 unspecified atom stereocenters. The molecule has 1 aromatic rings. The van der Waals surface area contributed by atoms with Crippen LogP contribution in [0.1, 0.15) is 29.0 Å². The predicted molar refractivity (Wildman–Crippen MR) is 84.6 cm³/mol. The van der Waals surface area contributed by atoms with Gasteiger partial charge in [0.1, 0.15) is 0 Å². The molecule has 0 radical (unpaired) electrons. The fourth-order valence-electron chi connectivity index (χ4n) is 3.19. The van der Waals surface area contributed by atoms with Crippen molar-refractivity contribution >= 4 is 17.2 Å². The zero-order chi connectivity index (χ0) is 15.0. The molecule has 2 fully saturated rings. The maximum absolute atomic E-state index is 12.5. The van der Waals surface area contributed by atoms with Gasteiger partial charge in [0.2, 0.25) is 5.91 Å². The van der Waals surface area contributed by atoms with E-state index in [1.165, 1.54) is 9.75 Å². The summed E-state index contributed by atoms with van der Waals surface area (Å²) in [6.45, 7) is 8.02. The third-order valence-electron chi connectivity index (χ3n) is 4.44. The SMILES string of the molecule is Cc1ccc([C@@H]2C[C@@H]2C(=O)N2CCN(C[C@H](C)O)CC2)s1. The van der Waals surface area contributed by atoms with E-state index in [1.807, 2.05) is 23.2 Å².